The Morgan fingerprint density at radius 2 is 2.19 bits per heavy atom. The van der Waals surface area contributed by atoms with E-state index in [1.165, 1.54) is 7.11 Å². The first-order valence-corrected chi connectivity index (χ1v) is 8.71. The zero-order valence-electron chi connectivity index (χ0n) is 15.8. The van der Waals surface area contributed by atoms with E-state index in [9.17, 15) is 4.79 Å². The number of aliphatic imine (C=N–C) groups is 1. The second kappa shape index (κ2) is 8.80. The van der Waals surface area contributed by atoms with E-state index in [-0.39, 0.29) is 0 Å². The molecule has 142 valence electrons. The fourth-order valence-corrected chi connectivity index (χ4v) is 2.87. The Kier molecular flexibility index (Phi) is 6.74. The fraction of sp³-hybridized carbons (Fsp3) is 0.444. The molecular weight excluding hydrogens is 356 g/mol. The van der Waals surface area contributed by atoms with E-state index >= 15 is 0 Å². The van der Waals surface area contributed by atoms with Gasteiger partial charge in [0.05, 0.1) is 18.7 Å². The molecule has 0 saturated carbocycles. The van der Waals surface area contributed by atoms with E-state index in [4.69, 9.17) is 20.8 Å². The number of nitrogens with zero attached hydrogens (tertiary/aromatic N) is 3. The molecule has 0 aliphatic rings. The molecule has 0 aliphatic carbocycles. The van der Waals surface area contributed by atoms with E-state index < -0.39 is 5.97 Å². The first-order chi connectivity index (χ1) is 12.3. The van der Waals surface area contributed by atoms with Gasteiger partial charge in [0.25, 0.3) is 0 Å². The maximum atomic E-state index is 11.7. The molecule has 0 spiro atoms. The average molecular weight is 381 g/mol. The third-order valence-electron chi connectivity index (χ3n) is 3.93. The molecule has 0 aliphatic heterocycles. The van der Waals surface area contributed by atoms with Gasteiger partial charge in [-0.15, -0.1) is 0 Å². The van der Waals surface area contributed by atoms with E-state index in [1.54, 1.807) is 13.0 Å². The van der Waals surface area contributed by atoms with Crippen LogP contribution in [0.3, 0.4) is 0 Å². The Hall–Kier alpha value is -2.41. The number of halogens is 1. The molecule has 2 rings (SSSR count). The van der Waals surface area contributed by atoms with Gasteiger partial charge in [-0.05, 0) is 26.0 Å². The maximum absolute atomic E-state index is 11.7. The van der Waals surface area contributed by atoms with Crippen LogP contribution in [0.25, 0.3) is 0 Å². The summed E-state index contributed by atoms with van der Waals surface area (Å²) in [6.07, 6.45) is 1.87. The van der Waals surface area contributed by atoms with Gasteiger partial charge in [0, 0.05) is 32.5 Å². The minimum absolute atomic E-state index is 0.318. The van der Waals surface area contributed by atoms with Crippen molar-refractivity contribution in [2.75, 3.05) is 20.7 Å². The highest BCUT2D eigenvalue weighted by Gasteiger charge is 2.16. The molecular formula is C18H25ClN4O3. The van der Waals surface area contributed by atoms with Gasteiger partial charge in [-0.25, -0.2) is 9.79 Å². The Labute approximate surface area is 158 Å². The standard InChI is InChI=1S/C18H25ClN4O3/c1-6-20-18(23(4)11-14-7-13(19)10-22(14)3)21-9-15-8-16(12(2)26-15)17(24)25-5/h7-8,10H,6,9,11H2,1-5H3,(H,20,21). The quantitative estimate of drug-likeness (QED) is 0.474. The lowest BCUT2D eigenvalue weighted by Gasteiger charge is -2.22. The van der Waals surface area contributed by atoms with Crippen molar-refractivity contribution in [1.29, 1.82) is 0 Å². The van der Waals surface area contributed by atoms with E-state index in [1.807, 2.05) is 42.7 Å². The number of hydrogen-bond donors (Lipinski definition) is 1. The van der Waals surface area contributed by atoms with Crippen molar-refractivity contribution >= 4 is 23.5 Å². The Balaban J connectivity index is 2.13. The second-order valence-corrected chi connectivity index (χ2v) is 6.40. The lowest BCUT2D eigenvalue weighted by molar-refractivity contribution is 0.0599. The number of methoxy groups -OCH3 is 1. The van der Waals surface area contributed by atoms with E-state index in [2.05, 4.69) is 10.3 Å². The van der Waals surface area contributed by atoms with Crippen LogP contribution >= 0.6 is 11.6 Å². The predicted octanol–water partition coefficient (Wildman–Crippen LogP) is 2.96. The lowest BCUT2D eigenvalue weighted by Crippen LogP contribution is -2.38. The smallest absolute Gasteiger partial charge is 0.341 e. The summed E-state index contributed by atoms with van der Waals surface area (Å²) >= 11 is 6.05. The predicted molar refractivity (Wildman–Crippen MR) is 101 cm³/mol. The van der Waals surface area contributed by atoms with Crippen molar-refractivity contribution in [3.05, 3.63) is 46.1 Å². The lowest BCUT2D eigenvalue weighted by atomic mass is 10.2. The van der Waals surface area contributed by atoms with Crippen LogP contribution in [0.5, 0.6) is 0 Å². The van der Waals surface area contributed by atoms with Crippen LogP contribution < -0.4 is 5.32 Å². The van der Waals surface area contributed by atoms with Gasteiger partial charge in [-0.1, -0.05) is 11.6 Å². The van der Waals surface area contributed by atoms with Crippen LogP contribution in [0.1, 0.15) is 34.5 Å². The summed E-state index contributed by atoms with van der Waals surface area (Å²) in [5.41, 5.74) is 1.50. The van der Waals surface area contributed by atoms with Gasteiger partial charge < -0.3 is 23.9 Å². The summed E-state index contributed by atoms with van der Waals surface area (Å²) in [6, 6.07) is 3.60. The molecule has 0 amide bonds. The van der Waals surface area contributed by atoms with Crippen molar-refractivity contribution < 1.29 is 13.9 Å². The Morgan fingerprint density at radius 3 is 2.77 bits per heavy atom. The first kappa shape index (κ1) is 19.9. The molecule has 1 N–H and O–H groups in total. The number of hydrogen-bond acceptors (Lipinski definition) is 4. The number of aryl methyl sites for hydroxylation is 2. The van der Waals surface area contributed by atoms with Gasteiger partial charge in [0.2, 0.25) is 0 Å². The minimum Gasteiger partial charge on any atom is -0.465 e. The van der Waals surface area contributed by atoms with Crippen molar-refractivity contribution in [3.63, 3.8) is 0 Å². The van der Waals surface area contributed by atoms with E-state index in [0.29, 0.717) is 35.2 Å². The van der Waals surface area contributed by atoms with Crippen LogP contribution in [0, 0.1) is 6.92 Å². The van der Waals surface area contributed by atoms with Crippen molar-refractivity contribution in [1.82, 2.24) is 14.8 Å². The number of nitrogens with one attached hydrogen (secondary N) is 1. The maximum Gasteiger partial charge on any atom is 0.341 e. The summed E-state index contributed by atoms with van der Waals surface area (Å²) < 4.78 is 12.3. The van der Waals surface area contributed by atoms with Crippen LogP contribution in [0.15, 0.2) is 27.7 Å². The van der Waals surface area contributed by atoms with Gasteiger partial charge in [-0.2, -0.15) is 0 Å². The third-order valence-corrected chi connectivity index (χ3v) is 4.14. The summed E-state index contributed by atoms with van der Waals surface area (Å²) in [4.78, 5) is 18.3. The second-order valence-electron chi connectivity index (χ2n) is 5.96. The van der Waals surface area contributed by atoms with Crippen LogP contribution in [0.4, 0.5) is 0 Å². The molecule has 0 unspecified atom stereocenters. The number of esters is 1. The number of carbonyl (C=O) groups excluding carboxylic acids is 1. The fourth-order valence-electron chi connectivity index (χ4n) is 2.60. The van der Waals surface area contributed by atoms with E-state index in [0.717, 1.165) is 18.2 Å². The number of carbonyl (C=O) groups is 1. The molecule has 0 atom stereocenters. The summed E-state index contributed by atoms with van der Waals surface area (Å²) in [7, 11) is 5.26. The third kappa shape index (κ3) is 4.82. The largest absolute Gasteiger partial charge is 0.465 e. The van der Waals surface area contributed by atoms with Gasteiger partial charge in [0.15, 0.2) is 5.96 Å². The molecule has 0 aromatic carbocycles. The molecule has 8 heteroatoms. The molecule has 2 heterocycles. The van der Waals surface area contributed by atoms with Crippen LogP contribution in [-0.2, 0) is 24.9 Å². The number of guanidine groups is 1. The van der Waals surface area contributed by atoms with Crippen LogP contribution in [0.2, 0.25) is 5.02 Å². The summed E-state index contributed by atoms with van der Waals surface area (Å²) in [5.74, 6) is 1.46. The molecule has 0 radical (unpaired) electrons. The normalized spacial score (nSPS) is 11.5. The Morgan fingerprint density at radius 1 is 1.46 bits per heavy atom. The van der Waals surface area contributed by atoms with Gasteiger partial charge in [-0.3, -0.25) is 0 Å². The summed E-state index contributed by atoms with van der Waals surface area (Å²) in [5, 5.41) is 3.96. The minimum atomic E-state index is -0.411. The Bertz CT molecular complexity index is 794. The zero-order chi connectivity index (χ0) is 19.3. The molecule has 2 aromatic heterocycles. The summed E-state index contributed by atoms with van der Waals surface area (Å²) in [6.45, 7) is 5.45. The monoisotopic (exact) mass is 380 g/mol. The van der Waals surface area contributed by atoms with Crippen molar-refractivity contribution in [2.45, 2.75) is 26.9 Å². The number of ether oxygens (including phenoxy) is 1. The zero-order valence-corrected chi connectivity index (χ0v) is 16.6. The molecule has 2 aromatic rings. The van der Waals surface area contributed by atoms with Crippen LogP contribution in [-0.4, -0.2) is 42.1 Å². The molecule has 0 bridgehead atoms. The highest BCUT2D eigenvalue weighted by atomic mass is 35.5. The highest BCUT2D eigenvalue weighted by molar-refractivity contribution is 6.30. The molecule has 0 saturated heterocycles. The number of furan rings is 1. The molecule has 7 nitrogen and oxygen atoms in total. The van der Waals surface area contributed by atoms with Crippen molar-refractivity contribution in [3.8, 4) is 0 Å². The topological polar surface area (TPSA) is 72.0 Å². The molecule has 26 heavy (non-hydrogen) atoms. The highest BCUT2D eigenvalue weighted by Crippen LogP contribution is 2.17. The van der Waals surface area contributed by atoms with Gasteiger partial charge >= 0.3 is 5.97 Å². The first-order valence-electron chi connectivity index (χ1n) is 8.33. The SMILES string of the molecule is CCNC(=NCc1cc(C(=O)OC)c(C)o1)N(C)Cc1cc(Cl)cn1C. The van der Waals surface area contributed by atoms with Gasteiger partial charge in [0.1, 0.15) is 23.6 Å². The average Bonchev–Trinajstić information content (AvgIpc) is 3.12. The van der Waals surface area contributed by atoms with Crippen molar-refractivity contribution in [2.24, 2.45) is 12.0 Å². The number of rotatable bonds is 6. The number of aromatic nitrogens is 1. The molecule has 0 fully saturated rings.